The molecule has 1 aliphatic rings. The van der Waals surface area contributed by atoms with Crippen LogP contribution >= 0.6 is 11.8 Å². The Morgan fingerprint density at radius 2 is 1.87 bits per heavy atom. The Labute approximate surface area is 180 Å². The molecule has 1 unspecified atom stereocenters. The summed E-state index contributed by atoms with van der Waals surface area (Å²) in [6.45, 7) is 0.981. The van der Waals surface area contributed by atoms with E-state index in [1.807, 2.05) is 71.7 Å². The molecule has 0 saturated carbocycles. The van der Waals surface area contributed by atoms with E-state index < -0.39 is 0 Å². The maximum Gasteiger partial charge on any atom is 0.227 e. The molecule has 1 saturated heterocycles. The van der Waals surface area contributed by atoms with E-state index >= 15 is 0 Å². The highest BCUT2D eigenvalue weighted by molar-refractivity contribution is 7.98. The lowest BCUT2D eigenvalue weighted by molar-refractivity contribution is -0.126. The second-order valence-corrected chi connectivity index (χ2v) is 8.14. The molecule has 6 nitrogen and oxygen atoms in total. The van der Waals surface area contributed by atoms with E-state index in [9.17, 15) is 9.59 Å². The van der Waals surface area contributed by atoms with Crippen LogP contribution in [-0.2, 0) is 16.0 Å². The van der Waals surface area contributed by atoms with Crippen LogP contribution in [-0.4, -0.2) is 40.9 Å². The average Bonchev–Trinajstić information content (AvgIpc) is 3.44. The third kappa shape index (κ3) is 4.57. The Morgan fingerprint density at radius 3 is 2.53 bits per heavy atom. The Hall–Kier alpha value is -3.06. The second kappa shape index (κ2) is 9.17. The molecule has 1 aromatic heterocycles. The summed E-state index contributed by atoms with van der Waals surface area (Å²) in [5, 5.41) is 7.20. The largest absolute Gasteiger partial charge is 0.355 e. The van der Waals surface area contributed by atoms with Gasteiger partial charge in [-0.3, -0.25) is 9.59 Å². The monoisotopic (exact) mass is 420 g/mol. The molecule has 4 rings (SSSR count). The number of amides is 2. The number of hydrogen-bond acceptors (Lipinski definition) is 4. The summed E-state index contributed by atoms with van der Waals surface area (Å²) in [7, 11) is 0. The predicted molar refractivity (Wildman–Crippen MR) is 119 cm³/mol. The standard InChI is InChI=1S/C23H24N4O2S/c1-30-21-9-7-19(8-10-21)26-16-18(15-22(26)28)23(29)24-13-11-17-3-5-20(6-4-17)27-14-2-12-25-27/h2-10,12,14,18H,11,13,15-16H2,1H3,(H,24,29). The molecule has 0 bridgehead atoms. The maximum absolute atomic E-state index is 12.6. The molecule has 30 heavy (non-hydrogen) atoms. The number of hydrogen-bond donors (Lipinski definition) is 1. The summed E-state index contributed by atoms with van der Waals surface area (Å²) in [6.07, 6.45) is 6.67. The number of thioether (sulfide) groups is 1. The van der Waals surface area contributed by atoms with Crippen molar-refractivity contribution in [3.05, 3.63) is 72.6 Å². The minimum absolute atomic E-state index is 0.00117. The molecule has 1 aliphatic heterocycles. The molecule has 1 atom stereocenters. The van der Waals surface area contributed by atoms with E-state index in [4.69, 9.17) is 0 Å². The normalized spacial score (nSPS) is 16.1. The van der Waals surface area contributed by atoms with Gasteiger partial charge < -0.3 is 10.2 Å². The second-order valence-electron chi connectivity index (χ2n) is 7.26. The summed E-state index contributed by atoms with van der Waals surface area (Å²) in [4.78, 5) is 27.8. The number of aromatic nitrogens is 2. The Kier molecular flexibility index (Phi) is 6.18. The molecular formula is C23H24N4O2S. The zero-order valence-electron chi connectivity index (χ0n) is 16.8. The van der Waals surface area contributed by atoms with Gasteiger partial charge in [0.25, 0.3) is 0 Å². The van der Waals surface area contributed by atoms with Crippen molar-refractivity contribution >= 4 is 29.3 Å². The number of anilines is 1. The van der Waals surface area contributed by atoms with E-state index in [0.29, 0.717) is 13.1 Å². The van der Waals surface area contributed by atoms with Gasteiger partial charge in [-0.2, -0.15) is 5.10 Å². The minimum Gasteiger partial charge on any atom is -0.355 e. The van der Waals surface area contributed by atoms with Crippen molar-refractivity contribution in [2.45, 2.75) is 17.7 Å². The van der Waals surface area contributed by atoms with Gasteiger partial charge in [0.1, 0.15) is 0 Å². The van der Waals surface area contributed by atoms with E-state index in [1.54, 1.807) is 22.9 Å². The zero-order valence-corrected chi connectivity index (χ0v) is 17.6. The Balaban J connectivity index is 1.27. The summed E-state index contributed by atoms with van der Waals surface area (Å²) < 4.78 is 1.81. The van der Waals surface area contributed by atoms with Crippen molar-refractivity contribution in [1.29, 1.82) is 0 Å². The van der Waals surface area contributed by atoms with Crippen LogP contribution in [0.1, 0.15) is 12.0 Å². The van der Waals surface area contributed by atoms with Crippen LogP contribution in [0.15, 0.2) is 71.9 Å². The number of nitrogens with one attached hydrogen (secondary N) is 1. The lowest BCUT2D eigenvalue weighted by Gasteiger charge is -2.17. The van der Waals surface area contributed by atoms with E-state index in [-0.39, 0.29) is 24.2 Å². The van der Waals surface area contributed by atoms with Gasteiger partial charge in [0, 0.05) is 42.5 Å². The van der Waals surface area contributed by atoms with Crippen LogP contribution in [0.2, 0.25) is 0 Å². The fourth-order valence-electron chi connectivity index (χ4n) is 3.61. The molecule has 154 valence electrons. The van der Waals surface area contributed by atoms with Crippen LogP contribution in [0, 0.1) is 5.92 Å². The number of benzene rings is 2. The maximum atomic E-state index is 12.6. The molecule has 7 heteroatoms. The van der Waals surface area contributed by atoms with E-state index in [1.165, 1.54) is 0 Å². The fourth-order valence-corrected chi connectivity index (χ4v) is 4.01. The molecule has 0 aliphatic carbocycles. The molecule has 2 amide bonds. The molecule has 2 aromatic carbocycles. The molecule has 0 spiro atoms. The van der Waals surface area contributed by atoms with Gasteiger partial charge in [-0.05, 0) is 60.7 Å². The van der Waals surface area contributed by atoms with Crippen molar-refractivity contribution in [3.63, 3.8) is 0 Å². The van der Waals surface area contributed by atoms with Crippen molar-refractivity contribution in [2.24, 2.45) is 5.92 Å². The van der Waals surface area contributed by atoms with E-state index in [0.717, 1.165) is 28.3 Å². The molecule has 1 fully saturated rings. The van der Waals surface area contributed by atoms with Gasteiger partial charge in [0.15, 0.2) is 0 Å². The predicted octanol–water partition coefficient (Wildman–Crippen LogP) is 3.31. The van der Waals surface area contributed by atoms with Crippen LogP contribution in [0.4, 0.5) is 5.69 Å². The first-order valence-electron chi connectivity index (χ1n) is 9.95. The number of nitrogens with zero attached hydrogens (tertiary/aromatic N) is 3. The minimum atomic E-state index is -0.306. The van der Waals surface area contributed by atoms with Crippen LogP contribution < -0.4 is 10.2 Å². The highest BCUT2D eigenvalue weighted by Gasteiger charge is 2.34. The molecule has 1 N–H and O–H groups in total. The summed E-state index contributed by atoms with van der Waals surface area (Å²) in [6, 6.07) is 17.9. The van der Waals surface area contributed by atoms with Gasteiger partial charge in [-0.1, -0.05) is 12.1 Å². The first-order valence-corrected chi connectivity index (χ1v) is 11.2. The average molecular weight is 421 g/mol. The van der Waals surface area contributed by atoms with Gasteiger partial charge in [0.2, 0.25) is 11.8 Å². The zero-order chi connectivity index (χ0) is 20.9. The highest BCUT2D eigenvalue weighted by Crippen LogP contribution is 2.27. The quantitative estimate of drug-likeness (QED) is 0.596. The van der Waals surface area contributed by atoms with Gasteiger partial charge in [-0.25, -0.2) is 4.68 Å². The van der Waals surface area contributed by atoms with Crippen molar-refractivity contribution < 1.29 is 9.59 Å². The third-order valence-electron chi connectivity index (χ3n) is 5.30. The van der Waals surface area contributed by atoms with Gasteiger partial charge >= 0.3 is 0 Å². The van der Waals surface area contributed by atoms with Crippen molar-refractivity contribution in [2.75, 3.05) is 24.2 Å². The lowest BCUT2D eigenvalue weighted by Crippen LogP contribution is -2.34. The SMILES string of the molecule is CSc1ccc(N2CC(C(=O)NCCc3ccc(-n4cccn4)cc3)CC2=O)cc1. The summed E-state index contributed by atoms with van der Waals surface area (Å²) >= 11 is 1.66. The highest BCUT2D eigenvalue weighted by atomic mass is 32.2. The lowest BCUT2D eigenvalue weighted by atomic mass is 10.1. The van der Waals surface area contributed by atoms with Crippen molar-refractivity contribution in [3.8, 4) is 5.69 Å². The summed E-state index contributed by atoms with van der Waals surface area (Å²) in [5.74, 6) is -0.360. The molecule has 0 radical (unpaired) electrons. The number of carbonyl (C=O) groups is 2. The number of rotatable bonds is 7. The van der Waals surface area contributed by atoms with E-state index in [2.05, 4.69) is 10.4 Å². The Morgan fingerprint density at radius 1 is 1.13 bits per heavy atom. The van der Waals surface area contributed by atoms with Crippen molar-refractivity contribution in [1.82, 2.24) is 15.1 Å². The first-order chi connectivity index (χ1) is 14.6. The third-order valence-corrected chi connectivity index (χ3v) is 6.04. The Bertz CT molecular complexity index is 1000. The van der Waals surface area contributed by atoms with Crippen LogP contribution in [0.3, 0.4) is 0 Å². The topological polar surface area (TPSA) is 67.2 Å². The van der Waals surface area contributed by atoms with Gasteiger partial charge in [-0.15, -0.1) is 11.8 Å². The van der Waals surface area contributed by atoms with Crippen LogP contribution in [0.25, 0.3) is 5.69 Å². The van der Waals surface area contributed by atoms with Gasteiger partial charge in [0.05, 0.1) is 11.6 Å². The fraction of sp³-hybridized carbons (Fsp3) is 0.261. The number of carbonyl (C=O) groups excluding carboxylic acids is 2. The first kappa shape index (κ1) is 20.2. The molecular weight excluding hydrogens is 396 g/mol. The summed E-state index contributed by atoms with van der Waals surface area (Å²) in [5.41, 5.74) is 3.00. The smallest absolute Gasteiger partial charge is 0.227 e. The molecule has 2 heterocycles. The van der Waals surface area contributed by atoms with Crippen LogP contribution in [0.5, 0.6) is 0 Å². The molecule has 3 aromatic rings.